The number of hydroxylamine groups is 1. The van der Waals surface area contributed by atoms with Gasteiger partial charge in [-0.15, -0.1) is 0 Å². The largest absolute Gasteiger partial charge is 0.367 e. The molecule has 0 spiro atoms. The fourth-order valence-corrected chi connectivity index (χ4v) is 3.36. The van der Waals surface area contributed by atoms with Crippen LogP contribution in [0.1, 0.15) is 0 Å². The van der Waals surface area contributed by atoms with Gasteiger partial charge in [0.25, 0.3) is 0 Å². The Bertz CT molecular complexity index is 655. The zero-order valence-corrected chi connectivity index (χ0v) is 12.9. The average Bonchev–Trinajstić information content (AvgIpc) is 2.80. The molecule has 21 heavy (non-hydrogen) atoms. The normalized spacial score (nSPS) is 19.6. The van der Waals surface area contributed by atoms with Crippen molar-refractivity contribution in [3.05, 3.63) is 12.1 Å². The van der Waals surface area contributed by atoms with E-state index in [1.54, 1.807) is 13.1 Å². The zero-order valence-electron chi connectivity index (χ0n) is 12.0. The van der Waals surface area contributed by atoms with Crippen LogP contribution in [-0.2, 0) is 15.0 Å². The second-order valence-electron chi connectivity index (χ2n) is 5.33. The highest BCUT2D eigenvalue weighted by atomic mass is 32.2. The second-order valence-corrected chi connectivity index (χ2v) is 6.86. The summed E-state index contributed by atoms with van der Waals surface area (Å²) in [5.41, 5.74) is 4.69. The quantitative estimate of drug-likeness (QED) is 0.781. The van der Waals surface area contributed by atoms with Gasteiger partial charge in [-0.05, 0) is 19.2 Å². The van der Waals surface area contributed by atoms with Gasteiger partial charge in [-0.1, -0.05) is 0 Å². The topological polar surface area (TPSA) is 91.1 Å². The first-order chi connectivity index (χ1) is 9.88. The van der Waals surface area contributed by atoms with E-state index in [0.29, 0.717) is 11.4 Å². The molecule has 116 valence electrons. The molecule has 0 aliphatic carbocycles. The Morgan fingerprint density at radius 3 is 2.48 bits per heavy atom. The van der Waals surface area contributed by atoms with E-state index in [1.807, 2.05) is 0 Å². The summed E-state index contributed by atoms with van der Waals surface area (Å²) in [7, 11) is 0.00979. The van der Waals surface area contributed by atoms with E-state index in [4.69, 9.17) is 10.1 Å². The molecule has 1 aromatic carbocycles. The highest BCUT2D eigenvalue weighted by molar-refractivity contribution is 7.89. The van der Waals surface area contributed by atoms with Crippen LogP contribution in [0.15, 0.2) is 17.0 Å². The molecule has 8 nitrogen and oxygen atoms in total. The third-order valence-electron chi connectivity index (χ3n) is 3.87. The lowest BCUT2D eigenvalue weighted by Gasteiger charge is -2.35. The van der Waals surface area contributed by atoms with Crippen LogP contribution >= 0.6 is 0 Å². The molecule has 1 saturated heterocycles. The lowest BCUT2D eigenvalue weighted by molar-refractivity contribution is 0.198. The van der Waals surface area contributed by atoms with Crippen molar-refractivity contribution in [3.63, 3.8) is 0 Å². The van der Waals surface area contributed by atoms with Crippen molar-refractivity contribution >= 4 is 27.1 Å². The first-order valence-corrected chi connectivity index (χ1v) is 8.22. The summed E-state index contributed by atoms with van der Waals surface area (Å²) in [6, 6.07) is 3.31. The third-order valence-corrected chi connectivity index (χ3v) is 4.82. The van der Waals surface area contributed by atoms with E-state index in [0.717, 1.165) is 31.9 Å². The number of hydrogen-bond donors (Lipinski definition) is 2. The summed E-state index contributed by atoms with van der Waals surface area (Å²) < 4.78 is 23.3. The molecule has 9 heteroatoms. The molecule has 0 atom stereocenters. The van der Waals surface area contributed by atoms with Gasteiger partial charge in [-0.25, -0.2) is 24.1 Å². The van der Waals surface area contributed by atoms with E-state index >= 15 is 0 Å². The number of fused-ring (bicyclic) bond motifs is 1. The Balaban J connectivity index is 2.06. The fraction of sp³-hybridized carbons (Fsp3) is 0.500. The van der Waals surface area contributed by atoms with E-state index in [-0.39, 0.29) is 4.90 Å². The summed E-state index contributed by atoms with van der Waals surface area (Å²) >= 11 is 0. The van der Waals surface area contributed by atoms with Crippen LogP contribution in [0.3, 0.4) is 0 Å². The highest BCUT2D eigenvalue weighted by Gasteiger charge is 2.30. The Labute approximate surface area is 124 Å². The molecule has 0 aromatic heterocycles. The summed E-state index contributed by atoms with van der Waals surface area (Å²) in [4.78, 5) is 9.76. The van der Waals surface area contributed by atoms with Gasteiger partial charge in [0, 0.05) is 33.2 Å². The minimum Gasteiger partial charge on any atom is -0.367 e. The average molecular weight is 313 g/mol. The van der Waals surface area contributed by atoms with Crippen LogP contribution in [0.5, 0.6) is 0 Å². The summed E-state index contributed by atoms with van der Waals surface area (Å²) in [5, 5.41) is 6.79. The van der Waals surface area contributed by atoms with Crippen molar-refractivity contribution in [2.24, 2.45) is 5.14 Å². The number of nitrogens with two attached hydrogens (primary N) is 1. The Hall–Kier alpha value is -1.55. The van der Waals surface area contributed by atoms with E-state index in [1.165, 1.54) is 11.1 Å². The number of benzene rings is 1. The molecular weight excluding hydrogens is 294 g/mol. The van der Waals surface area contributed by atoms with Gasteiger partial charge in [-0.2, -0.15) is 4.94 Å². The minimum absolute atomic E-state index is 0.0414. The molecule has 2 aliphatic heterocycles. The van der Waals surface area contributed by atoms with Crippen molar-refractivity contribution in [1.29, 1.82) is 0 Å². The van der Waals surface area contributed by atoms with Gasteiger partial charge in [0.2, 0.25) is 10.0 Å². The number of nitrogens with zero attached hydrogens (tertiary/aromatic N) is 3. The van der Waals surface area contributed by atoms with Crippen LogP contribution in [0.2, 0.25) is 0 Å². The first-order valence-electron chi connectivity index (χ1n) is 6.68. The summed E-state index contributed by atoms with van der Waals surface area (Å²) in [5.74, 6) is 0. The Morgan fingerprint density at radius 1 is 1.19 bits per heavy atom. The molecule has 3 rings (SSSR count). The predicted molar refractivity (Wildman–Crippen MR) is 80.6 cm³/mol. The van der Waals surface area contributed by atoms with Crippen molar-refractivity contribution < 1.29 is 13.4 Å². The van der Waals surface area contributed by atoms with E-state index < -0.39 is 10.0 Å². The van der Waals surface area contributed by atoms with Gasteiger partial charge < -0.3 is 9.80 Å². The first kappa shape index (κ1) is 14.4. The standard InChI is InChI=1S/C12H19N5O3S/c1-15-5-7-17(8-6-15)9-3-4-10(21(13,18)19)11-12(9)16(2)20-14-11/h3-4,14H,5-8H2,1-2H3,(H2,13,18,19). The molecule has 0 unspecified atom stereocenters. The number of primary sulfonamides is 1. The van der Waals surface area contributed by atoms with Crippen LogP contribution < -0.4 is 20.6 Å². The van der Waals surface area contributed by atoms with Gasteiger partial charge >= 0.3 is 0 Å². The number of hydrogen-bond acceptors (Lipinski definition) is 7. The Morgan fingerprint density at radius 2 is 1.86 bits per heavy atom. The molecule has 2 aliphatic rings. The smallest absolute Gasteiger partial charge is 0.240 e. The third kappa shape index (κ3) is 2.53. The minimum atomic E-state index is -3.80. The van der Waals surface area contributed by atoms with Crippen molar-refractivity contribution in [3.8, 4) is 0 Å². The lowest BCUT2D eigenvalue weighted by Crippen LogP contribution is -2.44. The number of anilines is 3. The molecule has 3 N–H and O–H groups in total. The van der Waals surface area contributed by atoms with Crippen LogP contribution in [0.4, 0.5) is 17.1 Å². The van der Waals surface area contributed by atoms with Crippen LogP contribution in [-0.4, -0.2) is 53.6 Å². The fourth-order valence-electron chi connectivity index (χ4n) is 2.68. The molecule has 2 heterocycles. The number of piperazine rings is 1. The van der Waals surface area contributed by atoms with Crippen LogP contribution in [0, 0.1) is 0 Å². The molecular formula is C12H19N5O3S. The maximum Gasteiger partial charge on any atom is 0.240 e. The zero-order chi connectivity index (χ0) is 15.2. The number of rotatable bonds is 2. The van der Waals surface area contributed by atoms with E-state index in [9.17, 15) is 8.42 Å². The van der Waals surface area contributed by atoms with Gasteiger partial charge in [0.05, 0.1) is 5.69 Å². The molecule has 1 aromatic rings. The number of likely N-dealkylation sites (N-methyl/N-ethyl adjacent to an activating group) is 1. The van der Waals surface area contributed by atoms with Crippen LogP contribution in [0.25, 0.3) is 0 Å². The maximum absolute atomic E-state index is 11.7. The molecule has 0 radical (unpaired) electrons. The summed E-state index contributed by atoms with van der Waals surface area (Å²) in [6.45, 7) is 3.68. The lowest BCUT2D eigenvalue weighted by atomic mass is 10.2. The second kappa shape index (κ2) is 5.02. The summed E-state index contributed by atoms with van der Waals surface area (Å²) in [6.07, 6.45) is 0. The predicted octanol–water partition coefficient (Wildman–Crippen LogP) is -0.206. The monoisotopic (exact) mass is 313 g/mol. The number of nitrogens with one attached hydrogen (secondary N) is 1. The maximum atomic E-state index is 11.7. The van der Waals surface area contributed by atoms with Crippen molar-refractivity contribution in [2.45, 2.75) is 4.90 Å². The van der Waals surface area contributed by atoms with Gasteiger partial charge in [0.1, 0.15) is 16.3 Å². The SMILES string of the molecule is CN1CCN(c2ccc(S(N)(=O)=O)c3c2N(C)ON3)CC1. The Kier molecular flexibility index (Phi) is 3.44. The van der Waals surface area contributed by atoms with Crippen molar-refractivity contribution in [2.75, 3.05) is 55.7 Å². The molecule has 0 saturated carbocycles. The molecule has 0 bridgehead atoms. The highest BCUT2D eigenvalue weighted by Crippen LogP contribution is 2.43. The molecule has 0 amide bonds. The van der Waals surface area contributed by atoms with Gasteiger partial charge in [-0.3, -0.25) is 0 Å². The van der Waals surface area contributed by atoms with E-state index in [2.05, 4.69) is 22.3 Å². The van der Waals surface area contributed by atoms with Gasteiger partial charge in [0.15, 0.2) is 0 Å². The number of sulfonamides is 1. The molecule has 1 fully saturated rings. The van der Waals surface area contributed by atoms with Crippen molar-refractivity contribution in [1.82, 2.24) is 4.90 Å².